The first-order valence-electron chi connectivity index (χ1n) is 9.59. The summed E-state index contributed by atoms with van der Waals surface area (Å²) in [5.41, 5.74) is 1.64. The molecule has 1 aliphatic heterocycles. The van der Waals surface area contributed by atoms with E-state index in [1.807, 2.05) is 13.0 Å². The average Bonchev–Trinajstić information content (AvgIpc) is 3.10. The Morgan fingerprint density at radius 3 is 2.93 bits per heavy atom. The first-order chi connectivity index (χ1) is 13.5. The molecule has 3 aromatic rings. The van der Waals surface area contributed by atoms with Crippen LogP contribution in [0.25, 0.3) is 22.3 Å². The number of nitrogens with zero attached hydrogens (tertiary/aromatic N) is 4. The standard InChI is InChI=1S/C20H22FN5O2/c1-20(3-4-20)28-17-6-13-15(7-14(17)21)24-25-19(13)16-8-18(23-11-22-16)26-5-2-12(9-26)10-27/h6-8,11-12,27H,2-5,9-10H2,1H3,(H,24,25)/t12-/m0/s1. The van der Waals surface area contributed by atoms with Crippen molar-refractivity contribution in [1.82, 2.24) is 20.2 Å². The number of aromatic nitrogens is 4. The highest BCUT2D eigenvalue weighted by Crippen LogP contribution is 2.41. The topological polar surface area (TPSA) is 87.2 Å². The number of fused-ring (bicyclic) bond motifs is 1. The molecule has 146 valence electrons. The van der Waals surface area contributed by atoms with E-state index in [9.17, 15) is 9.50 Å². The third-order valence-corrected chi connectivity index (χ3v) is 5.69. The molecular formula is C20H22FN5O2. The maximum Gasteiger partial charge on any atom is 0.167 e. The molecule has 2 fully saturated rings. The summed E-state index contributed by atoms with van der Waals surface area (Å²) in [4.78, 5) is 10.9. The molecule has 1 saturated heterocycles. The van der Waals surface area contributed by atoms with Gasteiger partial charge in [-0.15, -0.1) is 0 Å². The van der Waals surface area contributed by atoms with Crippen LogP contribution in [0, 0.1) is 11.7 Å². The minimum absolute atomic E-state index is 0.186. The zero-order valence-electron chi connectivity index (χ0n) is 15.7. The van der Waals surface area contributed by atoms with Gasteiger partial charge in [0.25, 0.3) is 0 Å². The van der Waals surface area contributed by atoms with Crippen LogP contribution in [0.3, 0.4) is 0 Å². The van der Waals surface area contributed by atoms with E-state index >= 15 is 0 Å². The number of ether oxygens (including phenoxy) is 1. The van der Waals surface area contributed by atoms with E-state index in [4.69, 9.17) is 4.74 Å². The zero-order valence-corrected chi connectivity index (χ0v) is 15.7. The van der Waals surface area contributed by atoms with Crippen LogP contribution < -0.4 is 9.64 Å². The van der Waals surface area contributed by atoms with E-state index in [-0.39, 0.29) is 23.9 Å². The fourth-order valence-electron chi connectivity index (χ4n) is 3.67. The van der Waals surface area contributed by atoms with Crippen molar-refractivity contribution in [3.05, 3.63) is 30.3 Å². The molecule has 0 radical (unpaired) electrons. The van der Waals surface area contributed by atoms with E-state index in [0.29, 0.717) is 16.9 Å². The molecule has 0 spiro atoms. The lowest BCUT2D eigenvalue weighted by Crippen LogP contribution is -2.21. The van der Waals surface area contributed by atoms with Crippen molar-refractivity contribution >= 4 is 16.7 Å². The largest absolute Gasteiger partial charge is 0.484 e. The minimum atomic E-state index is -0.397. The van der Waals surface area contributed by atoms with E-state index in [2.05, 4.69) is 25.1 Å². The van der Waals surface area contributed by atoms with E-state index < -0.39 is 5.82 Å². The van der Waals surface area contributed by atoms with E-state index in [1.165, 1.54) is 12.4 Å². The maximum atomic E-state index is 14.4. The van der Waals surface area contributed by atoms with Crippen LogP contribution in [-0.4, -0.2) is 50.6 Å². The maximum absolute atomic E-state index is 14.4. The molecule has 2 N–H and O–H groups in total. The molecule has 1 aliphatic carbocycles. The van der Waals surface area contributed by atoms with E-state index in [0.717, 1.165) is 43.6 Å². The summed E-state index contributed by atoms with van der Waals surface area (Å²) in [7, 11) is 0. The highest BCUT2D eigenvalue weighted by Gasteiger charge is 2.40. The van der Waals surface area contributed by atoms with Gasteiger partial charge < -0.3 is 14.7 Å². The molecule has 8 heteroatoms. The molecule has 1 saturated carbocycles. The van der Waals surface area contributed by atoms with Crippen molar-refractivity contribution in [3.63, 3.8) is 0 Å². The van der Waals surface area contributed by atoms with Crippen molar-refractivity contribution in [2.45, 2.75) is 31.8 Å². The predicted octanol–water partition coefficient (Wildman–Crippen LogP) is 2.91. The summed E-state index contributed by atoms with van der Waals surface area (Å²) in [6.07, 6.45) is 4.33. The van der Waals surface area contributed by atoms with Gasteiger partial charge in [0.2, 0.25) is 0 Å². The smallest absolute Gasteiger partial charge is 0.167 e. The van der Waals surface area contributed by atoms with Crippen LogP contribution in [0.2, 0.25) is 0 Å². The van der Waals surface area contributed by atoms with Crippen molar-refractivity contribution in [3.8, 4) is 17.1 Å². The fourth-order valence-corrected chi connectivity index (χ4v) is 3.67. The highest BCUT2D eigenvalue weighted by molar-refractivity contribution is 5.93. The van der Waals surface area contributed by atoms with Gasteiger partial charge in [-0.05, 0) is 32.3 Å². The van der Waals surface area contributed by atoms with Gasteiger partial charge in [0.05, 0.1) is 11.2 Å². The number of hydrogen-bond donors (Lipinski definition) is 2. The summed E-state index contributed by atoms with van der Waals surface area (Å²) in [6.45, 7) is 3.80. The van der Waals surface area contributed by atoms with Gasteiger partial charge in [0, 0.05) is 43.1 Å². The average molecular weight is 383 g/mol. The molecule has 0 unspecified atom stereocenters. The number of nitrogens with one attached hydrogen (secondary N) is 1. The number of hydrogen-bond acceptors (Lipinski definition) is 6. The molecule has 2 aliphatic rings. The lowest BCUT2D eigenvalue weighted by Gasteiger charge is -2.17. The number of aliphatic hydroxyl groups excluding tert-OH is 1. The Bertz CT molecular complexity index is 1030. The summed E-state index contributed by atoms with van der Waals surface area (Å²) >= 11 is 0. The summed E-state index contributed by atoms with van der Waals surface area (Å²) in [6, 6.07) is 5.01. The molecule has 3 heterocycles. The molecule has 0 amide bonds. The number of H-pyrrole nitrogens is 1. The van der Waals surface area contributed by atoms with Gasteiger partial charge in [0.1, 0.15) is 23.4 Å². The Morgan fingerprint density at radius 1 is 1.32 bits per heavy atom. The lowest BCUT2D eigenvalue weighted by molar-refractivity contribution is 0.191. The van der Waals surface area contributed by atoms with E-state index in [1.54, 1.807) is 6.07 Å². The third-order valence-electron chi connectivity index (χ3n) is 5.69. The molecule has 28 heavy (non-hydrogen) atoms. The van der Waals surface area contributed by atoms with Gasteiger partial charge in [-0.25, -0.2) is 14.4 Å². The van der Waals surface area contributed by atoms with Crippen LogP contribution >= 0.6 is 0 Å². The van der Waals surface area contributed by atoms with Gasteiger partial charge >= 0.3 is 0 Å². The normalized spacial score (nSPS) is 20.7. The third kappa shape index (κ3) is 3.07. The molecule has 5 rings (SSSR count). The second-order valence-electron chi connectivity index (χ2n) is 8.00. The number of anilines is 1. The number of aromatic amines is 1. The first kappa shape index (κ1) is 17.4. The Hall–Kier alpha value is -2.74. The van der Waals surface area contributed by atoms with Crippen molar-refractivity contribution in [2.24, 2.45) is 5.92 Å². The first-order valence-corrected chi connectivity index (χ1v) is 9.59. The second-order valence-corrected chi connectivity index (χ2v) is 8.00. The minimum Gasteiger partial charge on any atom is -0.484 e. The monoisotopic (exact) mass is 383 g/mol. The lowest BCUT2D eigenvalue weighted by atomic mass is 10.1. The van der Waals surface area contributed by atoms with Crippen molar-refractivity contribution < 1.29 is 14.2 Å². The number of benzene rings is 1. The zero-order chi connectivity index (χ0) is 19.3. The van der Waals surface area contributed by atoms with Crippen LogP contribution in [0.5, 0.6) is 5.75 Å². The Labute approximate surface area is 161 Å². The molecule has 1 aromatic carbocycles. The Balaban J connectivity index is 1.50. The van der Waals surface area contributed by atoms with Crippen LogP contribution in [0.4, 0.5) is 10.2 Å². The Kier molecular flexibility index (Phi) is 3.97. The number of rotatable bonds is 5. The molecular weight excluding hydrogens is 361 g/mol. The molecule has 2 aromatic heterocycles. The van der Waals surface area contributed by atoms with Crippen LogP contribution in [-0.2, 0) is 0 Å². The molecule has 1 atom stereocenters. The number of aliphatic hydroxyl groups is 1. The SMILES string of the molecule is CC1(Oc2cc3c(-c4cc(N5CC[C@H](CO)C5)ncn4)n[nH]c3cc2F)CC1. The summed E-state index contributed by atoms with van der Waals surface area (Å²) in [5.74, 6) is 0.929. The summed E-state index contributed by atoms with van der Waals surface area (Å²) in [5, 5.41) is 17.4. The van der Waals surface area contributed by atoms with Gasteiger partial charge in [-0.3, -0.25) is 5.10 Å². The van der Waals surface area contributed by atoms with Gasteiger partial charge in [-0.1, -0.05) is 0 Å². The fraction of sp³-hybridized carbons (Fsp3) is 0.450. The predicted molar refractivity (Wildman–Crippen MR) is 103 cm³/mol. The molecule has 7 nitrogen and oxygen atoms in total. The Morgan fingerprint density at radius 2 is 2.18 bits per heavy atom. The van der Waals surface area contributed by atoms with Gasteiger partial charge in [0.15, 0.2) is 11.6 Å². The van der Waals surface area contributed by atoms with Crippen LogP contribution in [0.15, 0.2) is 24.5 Å². The van der Waals surface area contributed by atoms with Crippen molar-refractivity contribution in [1.29, 1.82) is 0 Å². The highest BCUT2D eigenvalue weighted by atomic mass is 19.1. The molecule has 0 bridgehead atoms. The second kappa shape index (κ2) is 6.41. The van der Waals surface area contributed by atoms with Crippen molar-refractivity contribution in [2.75, 3.05) is 24.6 Å². The number of halogens is 1. The summed E-state index contributed by atoms with van der Waals surface area (Å²) < 4.78 is 20.3. The quantitative estimate of drug-likeness (QED) is 0.704. The van der Waals surface area contributed by atoms with Crippen LogP contribution in [0.1, 0.15) is 26.2 Å². The van der Waals surface area contributed by atoms with Gasteiger partial charge in [-0.2, -0.15) is 5.10 Å².